The average molecular weight is 922 g/mol. The van der Waals surface area contributed by atoms with Gasteiger partial charge in [-0.25, -0.2) is 24.9 Å². The van der Waals surface area contributed by atoms with Crippen molar-refractivity contribution < 1.29 is 4.42 Å². The van der Waals surface area contributed by atoms with E-state index < -0.39 is 0 Å². The molecule has 0 unspecified atom stereocenters. The van der Waals surface area contributed by atoms with Crippen LogP contribution in [0.2, 0.25) is 0 Å². The topological polar surface area (TPSA) is 77.6 Å². The lowest BCUT2D eigenvalue weighted by Gasteiger charge is -2.22. The number of nitrogens with zero attached hydrogens (tertiary/aromatic N) is 5. The van der Waals surface area contributed by atoms with E-state index >= 15 is 0 Å². The second-order valence-electron chi connectivity index (χ2n) is 19.3. The summed E-state index contributed by atoms with van der Waals surface area (Å²) >= 11 is 0. The third kappa shape index (κ3) is 6.98. The molecule has 0 saturated carbocycles. The van der Waals surface area contributed by atoms with Crippen molar-refractivity contribution in [3.8, 4) is 90.3 Å². The molecule has 10 aromatic carbocycles. The van der Waals surface area contributed by atoms with Gasteiger partial charge in [-0.3, -0.25) is 0 Å². The van der Waals surface area contributed by atoms with E-state index in [4.69, 9.17) is 29.3 Å². The van der Waals surface area contributed by atoms with Gasteiger partial charge in [-0.1, -0.05) is 184 Å². The zero-order valence-corrected chi connectivity index (χ0v) is 39.5. The summed E-state index contributed by atoms with van der Waals surface area (Å²) in [6, 6.07) is 78.6. The Morgan fingerprint density at radius 2 is 0.806 bits per heavy atom. The summed E-state index contributed by atoms with van der Waals surface area (Å²) in [5.74, 6) is 2.42. The molecule has 0 amide bonds. The molecule has 3 heterocycles. The fourth-order valence-electron chi connectivity index (χ4n) is 10.7. The van der Waals surface area contributed by atoms with Gasteiger partial charge >= 0.3 is 0 Å². The lowest BCUT2D eigenvalue weighted by molar-refractivity contribution is 0.661. The second-order valence-corrected chi connectivity index (χ2v) is 19.3. The maximum absolute atomic E-state index is 6.59. The Morgan fingerprint density at radius 1 is 0.306 bits per heavy atom. The van der Waals surface area contributed by atoms with Crippen LogP contribution in [0.15, 0.2) is 229 Å². The van der Waals surface area contributed by atoms with Crippen LogP contribution in [0.3, 0.4) is 0 Å². The van der Waals surface area contributed by atoms with Gasteiger partial charge in [-0.2, -0.15) is 0 Å². The van der Waals surface area contributed by atoms with E-state index in [2.05, 4.69) is 184 Å². The summed E-state index contributed by atoms with van der Waals surface area (Å²) in [7, 11) is 0. The molecule has 338 valence electrons. The van der Waals surface area contributed by atoms with Crippen LogP contribution < -0.4 is 0 Å². The van der Waals surface area contributed by atoms with Gasteiger partial charge in [0.15, 0.2) is 23.3 Å². The first-order chi connectivity index (χ1) is 35.4. The average Bonchev–Trinajstić information content (AvgIpc) is 3.93. The van der Waals surface area contributed by atoms with Crippen molar-refractivity contribution in [1.29, 1.82) is 0 Å². The highest BCUT2D eigenvalue weighted by atomic mass is 16.3. The van der Waals surface area contributed by atoms with Gasteiger partial charge in [0.2, 0.25) is 0 Å². The van der Waals surface area contributed by atoms with Crippen molar-refractivity contribution in [3.05, 3.63) is 236 Å². The molecule has 6 nitrogen and oxygen atoms in total. The minimum absolute atomic E-state index is 0.183. The number of benzene rings is 10. The summed E-state index contributed by atoms with van der Waals surface area (Å²) in [5.41, 5.74) is 16.1. The molecule has 1 aliphatic rings. The second kappa shape index (κ2) is 16.4. The number of fused-ring (bicyclic) bond motifs is 9. The molecule has 0 aliphatic heterocycles. The predicted molar refractivity (Wildman–Crippen MR) is 293 cm³/mol. The largest absolute Gasteiger partial charge is 0.455 e. The first-order valence-electron chi connectivity index (χ1n) is 24.4. The van der Waals surface area contributed by atoms with Crippen LogP contribution in [0.5, 0.6) is 0 Å². The van der Waals surface area contributed by atoms with E-state index in [1.54, 1.807) is 0 Å². The fraction of sp³-hybridized carbons (Fsp3) is 0.0455. The Balaban J connectivity index is 0.847. The number of aromatic nitrogens is 5. The molecular weight excluding hydrogens is 879 g/mol. The Hall–Kier alpha value is -9.39. The van der Waals surface area contributed by atoms with Crippen molar-refractivity contribution >= 4 is 43.5 Å². The maximum Gasteiger partial charge on any atom is 0.164 e. The molecule has 14 rings (SSSR count). The summed E-state index contributed by atoms with van der Waals surface area (Å²) in [4.78, 5) is 25.8. The van der Waals surface area contributed by atoms with Crippen molar-refractivity contribution in [3.63, 3.8) is 0 Å². The molecule has 0 radical (unpaired) electrons. The Morgan fingerprint density at radius 3 is 1.51 bits per heavy atom. The van der Waals surface area contributed by atoms with Crippen LogP contribution in [0.25, 0.3) is 134 Å². The van der Waals surface area contributed by atoms with Crippen molar-refractivity contribution in [1.82, 2.24) is 24.9 Å². The molecule has 3 aromatic heterocycles. The zero-order valence-electron chi connectivity index (χ0n) is 39.5. The highest BCUT2D eigenvalue weighted by Crippen LogP contribution is 2.51. The lowest BCUT2D eigenvalue weighted by atomic mass is 9.81. The fourth-order valence-corrected chi connectivity index (χ4v) is 10.7. The quantitative estimate of drug-likeness (QED) is 0.158. The molecule has 0 spiro atoms. The number of furan rings is 1. The molecule has 13 aromatic rings. The minimum Gasteiger partial charge on any atom is -0.455 e. The molecule has 0 fully saturated rings. The normalized spacial score (nSPS) is 12.7. The van der Waals surface area contributed by atoms with Gasteiger partial charge in [0.05, 0.1) is 11.4 Å². The Kier molecular flexibility index (Phi) is 9.45. The summed E-state index contributed by atoms with van der Waals surface area (Å²) in [5, 5.41) is 6.88. The Bertz CT molecular complexity index is 4310. The van der Waals surface area contributed by atoms with E-state index in [0.717, 1.165) is 88.6 Å². The smallest absolute Gasteiger partial charge is 0.164 e. The summed E-state index contributed by atoms with van der Waals surface area (Å²) in [6.45, 7) is 4.67. The first-order valence-corrected chi connectivity index (χ1v) is 24.4. The van der Waals surface area contributed by atoms with Crippen molar-refractivity contribution in [2.75, 3.05) is 0 Å². The van der Waals surface area contributed by atoms with Gasteiger partial charge in [-0.05, 0) is 104 Å². The van der Waals surface area contributed by atoms with Gasteiger partial charge in [0.1, 0.15) is 11.2 Å². The van der Waals surface area contributed by atoms with E-state index in [-0.39, 0.29) is 5.41 Å². The van der Waals surface area contributed by atoms with Crippen LogP contribution in [-0.4, -0.2) is 24.9 Å². The van der Waals surface area contributed by atoms with Crippen LogP contribution in [-0.2, 0) is 5.41 Å². The highest BCUT2D eigenvalue weighted by Gasteiger charge is 2.36. The highest BCUT2D eigenvalue weighted by molar-refractivity contribution is 6.15. The van der Waals surface area contributed by atoms with Gasteiger partial charge in [-0.15, -0.1) is 0 Å². The zero-order chi connectivity index (χ0) is 47.9. The molecule has 0 saturated heterocycles. The van der Waals surface area contributed by atoms with Crippen LogP contribution in [0, 0.1) is 0 Å². The predicted octanol–water partition coefficient (Wildman–Crippen LogP) is 16.8. The number of hydrogen-bond acceptors (Lipinski definition) is 6. The van der Waals surface area contributed by atoms with Crippen LogP contribution in [0.1, 0.15) is 25.0 Å². The van der Waals surface area contributed by atoms with E-state index in [1.165, 1.54) is 33.0 Å². The van der Waals surface area contributed by atoms with Gasteiger partial charge in [0, 0.05) is 55.0 Å². The molecule has 0 atom stereocenters. The summed E-state index contributed by atoms with van der Waals surface area (Å²) < 4.78 is 6.59. The number of rotatable bonds is 7. The molecule has 0 N–H and O–H groups in total. The maximum atomic E-state index is 6.59. The van der Waals surface area contributed by atoms with E-state index in [0.29, 0.717) is 23.3 Å². The number of hydrogen-bond donors (Lipinski definition) is 0. The SMILES string of the molecule is CC1(C)c2cc(-c3cc(-c4cccc(-c5cccc(-c6nc(-c7ccccc7)nc(-c7ccc8c(c7)oc7c9ccccc9ccc87)n6)c5)c4)nc(-c4ccccc4)n3)ccc2-c2cc3ccccc3cc21. The Labute approximate surface area is 416 Å². The van der Waals surface area contributed by atoms with E-state index in [9.17, 15) is 0 Å². The monoisotopic (exact) mass is 921 g/mol. The van der Waals surface area contributed by atoms with Gasteiger partial charge < -0.3 is 4.42 Å². The minimum atomic E-state index is -0.183. The first kappa shape index (κ1) is 41.6. The molecular formula is C66H43N5O. The van der Waals surface area contributed by atoms with Crippen LogP contribution >= 0.6 is 0 Å². The molecule has 1 aliphatic carbocycles. The molecule has 72 heavy (non-hydrogen) atoms. The molecule has 0 bridgehead atoms. The van der Waals surface area contributed by atoms with Crippen molar-refractivity contribution in [2.24, 2.45) is 0 Å². The van der Waals surface area contributed by atoms with Gasteiger partial charge in [0.25, 0.3) is 0 Å². The lowest BCUT2D eigenvalue weighted by Crippen LogP contribution is -2.15. The third-order valence-corrected chi connectivity index (χ3v) is 14.5. The third-order valence-electron chi connectivity index (χ3n) is 14.5. The summed E-state index contributed by atoms with van der Waals surface area (Å²) in [6.07, 6.45) is 0. The van der Waals surface area contributed by atoms with Crippen LogP contribution in [0.4, 0.5) is 0 Å². The standard InChI is InChI=1S/C66H43N5O/c1-66(2)56-37-48(28-30-52(56)55-35-45-20-9-10-21-46(45)36-57(55)66)59-39-58(67-62(68-59)41-16-5-3-6-17-41)47-24-13-22-43(33-47)44-23-14-25-49(34-44)64-69-63(42-18-7-4-8-19-42)70-65(71-64)50-29-31-53-54-32-27-40-15-11-12-26-51(40)61(54)72-60(53)38-50/h3-39H,1-2H3. The van der Waals surface area contributed by atoms with Crippen molar-refractivity contribution in [2.45, 2.75) is 19.3 Å². The van der Waals surface area contributed by atoms with E-state index in [1.807, 2.05) is 54.6 Å². The molecule has 6 heteroatoms.